The van der Waals surface area contributed by atoms with Gasteiger partial charge in [-0.3, -0.25) is 0 Å². The van der Waals surface area contributed by atoms with Crippen LogP contribution in [0.2, 0.25) is 0 Å². The van der Waals surface area contributed by atoms with E-state index in [1.807, 2.05) is 0 Å². The zero-order valence-electron chi connectivity index (χ0n) is 10.3. The van der Waals surface area contributed by atoms with Gasteiger partial charge in [-0.1, -0.05) is 34.6 Å². The number of hydrogen-bond acceptors (Lipinski definition) is 2. The van der Waals surface area contributed by atoms with E-state index in [0.717, 1.165) is 12.3 Å². The fraction of sp³-hybridized carbons (Fsp3) is 1.00. The van der Waals surface area contributed by atoms with E-state index in [9.17, 15) is 0 Å². The zero-order chi connectivity index (χ0) is 11.2. The highest BCUT2D eigenvalue weighted by atomic mass is 16.5. The minimum atomic E-state index is 0.119. The highest BCUT2D eigenvalue weighted by molar-refractivity contribution is 4.75. The number of aliphatic hydroxyl groups excluding tert-OH is 1. The van der Waals surface area contributed by atoms with Gasteiger partial charge >= 0.3 is 0 Å². The fourth-order valence-electron chi connectivity index (χ4n) is 1.45. The number of aliphatic hydroxyl groups is 1. The molecule has 0 aromatic rings. The quantitative estimate of drug-likeness (QED) is 0.717. The van der Waals surface area contributed by atoms with Crippen molar-refractivity contribution in [3.05, 3.63) is 0 Å². The van der Waals surface area contributed by atoms with E-state index in [-0.39, 0.29) is 18.1 Å². The summed E-state index contributed by atoms with van der Waals surface area (Å²) in [5, 5.41) is 8.73. The van der Waals surface area contributed by atoms with Gasteiger partial charge in [0.15, 0.2) is 0 Å². The summed E-state index contributed by atoms with van der Waals surface area (Å²) in [6, 6.07) is 0. The van der Waals surface area contributed by atoms with Gasteiger partial charge in [-0.15, -0.1) is 0 Å². The van der Waals surface area contributed by atoms with Gasteiger partial charge in [-0.25, -0.2) is 0 Å². The SMILES string of the molecule is CC(C)CCC(OCCO)C(C)(C)C. The van der Waals surface area contributed by atoms with Crippen molar-refractivity contribution < 1.29 is 9.84 Å². The molecule has 0 radical (unpaired) electrons. The summed E-state index contributed by atoms with van der Waals surface area (Å²) in [5.74, 6) is 0.720. The molecule has 0 bridgehead atoms. The Hall–Kier alpha value is -0.0800. The van der Waals surface area contributed by atoms with Gasteiger partial charge in [0.1, 0.15) is 0 Å². The molecule has 0 heterocycles. The van der Waals surface area contributed by atoms with E-state index in [0.29, 0.717) is 6.61 Å². The van der Waals surface area contributed by atoms with Crippen LogP contribution in [0.4, 0.5) is 0 Å². The molecule has 0 aliphatic heterocycles. The summed E-state index contributed by atoms with van der Waals surface area (Å²) in [7, 11) is 0. The number of ether oxygens (including phenoxy) is 1. The van der Waals surface area contributed by atoms with Crippen molar-refractivity contribution in [1.29, 1.82) is 0 Å². The van der Waals surface area contributed by atoms with Gasteiger partial charge < -0.3 is 9.84 Å². The normalized spacial score (nSPS) is 14.8. The van der Waals surface area contributed by atoms with Crippen molar-refractivity contribution in [2.24, 2.45) is 11.3 Å². The van der Waals surface area contributed by atoms with Crippen LogP contribution in [0.1, 0.15) is 47.5 Å². The van der Waals surface area contributed by atoms with Crippen LogP contribution in [0.15, 0.2) is 0 Å². The van der Waals surface area contributed by atoms with Crippen molar-refractivity contribution in [2.45, 2.75) is 53.6 Å². The third-order valence-corrected chi connectivity index (χ3v) is 2.38. The van der Waals surface area contributed by atoms with E-state index in [4.69, 9.17) is 9.84 Å². The molecule has 0 amide bonds. The predicted octanol–water partition coefficient (Wildman–Crippen LogP) is 2.85. The first-order chi connectivity index (χ1) is 6.38. The van der Waals surface area contributed by atoms with Gasteiger partial charge in [0.25, 0.3) is 0 Å². The minimum absolute atomic E-state index is 0.119. The fourth-order valence-corrected chi connectivity index (χ4v) is 1.45. The van der Waals surface area contributed by atoms with Crippen LogP contribution in [0.3, 0.4) is 0 Å². The average Bonchev–Trinajstić information content (AvgIpc) is 2.01. The molecule has 1 atom stereocenters. The second-order valence-corrected chi connectivity index (χ2v) is 5.42. The molecule has 14 heavy (non-hydrogen) atoms. The number of hydrogen-bond donors (Lipinski definition) is 1. The Bertz CT molecular complexity index is 136. The third kappa shape index (κ3) is 6.39. The van der Waals surface area contributed by atoms with Gasteiger partial charge in [0.05, 0.1) is 19.3 Å². The van der Waals surface area contributed by atoms with Crippen molar-refractivity contribution >= 4 is 0 Å². The van der Waals surface area contributed by atoms with Crippen LogP contribution in [-0.2, 0) is 4.74 Å². The maximum absolute atomic E-state index is 8.73. The zero-order valence-corrected chi connectivity index (χ0v) is 10.3. The van der Waals surface area contributed by atoms with E-state index in [1.165, 1.54) is 6.42 Å². The standard InChI is InChI=1S/C12H26O2/c1-10(2)6-7-11(12(3,4)5)14-9-8-13/h10-11,13H,6-9H2,1-5H3. The van der Waals surface area contributed by atoms with Gasteiger partial charge in [-0.05, 0) is 24.2 Å². The minimum Gasteiger partial charge on any atom is -0.394 e. The summed E-state index contributed by atoms with van der Waals surface area (Å²) in [6.07, 6.45) is 2.53. The molecule has 0 saturated carbocycles. The Morgan fingerprint density at radius 1 is 1.14 bits per heavy atom. The molecule has 1 unspecified atom stereocenters. The van der Waals surface area contributed by atoms with Gasteiger partial charge in [0.2, 0.25) is 0 Å². The van der Waals surface area contributed by atoms with Gasteiger partial charge in [0, 0.05) is 0 Å². The molecule has 0 aliphatic carbocycles. The first-order valence-corrected chi connectivity index (χ1v) is 5.60. The van der Waals surface area contributed by atoms with Crippen molar-refractivity contribution in [3.8, 4) is 0 Å². The maximum Gasteiger partial charge on any atom is 0.0701 e. The average molecular weight is 202 g/mol. The van der Waals surface area contributed by atoms with Crippen molar-refractivity contribution in [2.75, 3.05) is 13.2 Å². The Kier molecular flexibility index (Phi) is 6.38. The van der Waals surface area contributed by atoms with E-state index >= 15 is 0 Å². The first kappa shape index (κ1) is 13.9. The monoisotopic (exact) mass is 202 g/mol. The second-order valence-electron chi connectivity index (χ2n) is 5.42. The molecule has 0 spiro atoms. The Labute approximate surface area is 88.7 Å². The first-order valence-electron chi connectivity index (χ1n) is 5.60. The van der Waals surface area contributed by atoms with Crippen LogP contribution in [0, 0.1) is 11.3 Å². The maximum atomic E-state index is 8.73. The smallest absolute Gasteiger partial charge is 0.0701 e. The topological polar surface area (TPSA) is 29.5 Å². The third-order valence-electron chi connectivity index (χ3n) is 2.38. The van der Waals surface area contributed by atoms with Crippen LogP contribution in [-0.4, -0.2) is 24.4 Å². The van der Waals surface area contributed by atoms with Crippen LogP contribution < -0.4 is 0 Å². The van der Waals surface area contributed by atoms with E-state index < -0.39 is 0 Å². The summed E-state index contributed by atoms with van der Waals surface area (Å²) >= 11 is 0. The Morgan fingerprint density at radius 3 is 2.07 bits per heavy atom. The predicted molar refractivity (Wildman–Crippen MR) is 60.4 cm³/mol. The lowest BCUT2D eigenvalue weighted by Gasteiger charge is -2.31. The summed E-state index contributed by atoms with van der Waals surface area (Å²) in [6.45, 7) is 11.6. The van der Waals surface area contributed by atoms with Crippen LogP contribution >= 0.6 is 0 Å². The largest absolute Gasteiger partial charge is 0.394 e. The highest BCUT2D eigenvalue weighted by Crippen LogP contribution is 2.27. The molecule has 0 aromatic heterocycles. The molecular formula is C12H26O2. The number of rotatable bonds is 6. The molecule has 0 rings (SSSR count). The van der Waals surface area contributed by atoms with Crippen LogP contribution in [0.25, 0.3) is 0 Å². The van der Waals surface area contributed by atoms with Crippen LogP contribution in [0.5, 0.6) is 0 Å². The summed E-state index contributed by atoms with van der Waals surface area (Å²) in [5.41, 5.74) is 0.171. The second kappa shape index (κ2) is 6.41. The molecule has 2 nitrogen and oxygen atoms in total. The molecule has 0 saturated heterocycles. The lowest BCUT2D eigenvalue weighted by atomic mass is 9.85. The van der Waals surface area contributed by atoms with Crippen molar-refractivity contribution in [3.63, 3.8) is 0 Å². The van der Waals surface area contributed by atoms with E-state index in [1.54, 1.807) is 0 Å². The molecular weight excluding hydrogens is 176 g/mol. The Morgan fingerprint density at radius 2 is 1.71 bits per heavy atom. The molecule has 2 heteroatoms. The molecule has 0 aromatic carbocycles. The summed E-state index contributed by atoms with van der Waals surface area (Å²) < 4.78 is 5.66. The lowest BCUT2D eigenvalue weighted by Crippen LogP contribution is -2.30. The molecule has 1 N–H and O–H groups in total. The van der Waals surface area contributed by atoms with Gasteiger partial charge in [-0.2, -0.15) is 0 Å². The highest BCUT2D eigenvalue weighted by Gasteiger charge is 2.24. The van der Waals surface area contributed by atoms with E-state index in [2.05, 4.69) is 34.6 Å². The summed E-state index contributed by atoms with van der Waals surface area (Å²) in [4.78, 5) is 0. The molecule has 86 valence electrons. The molecule has 0 fully saturated rings. The lowest BCUT2D eigenvalue weighted by molar-refractivity contribution is -0.0381. The molecule has 0 aliphatic rings. The van der Waals surface area contributed by atoms with Crippen molar-refractivity contribution in [1.82, 2.24) is 0 Å². The Balaban J connectivity index is 3.98.